The average molecular weight is 418 g/mol. The molecule has 26 heavy (non-hydrogen) atoms. The number of halogens is 1. The van der Waals surface area contributed by atoms with E-state index in [1.807, 2.05) is 0 Å². The third-order valence-corrected chi connectivity index (χ3v) is 6.60. The van der Waals surface area contributed by atoms with Gasteiger partial charge in [0, 0.05) is 41.7 Å². The van der Waals surface area contributed by atoms with E-state index in [9.17, 15) is 4.79 Å². The molecule has 3 heterocycles. The molecule has 4 rings (SSSR count). The first-order valence-electron chi connectivity index (χ1n) is 9.96. The summed E-state index contributed by atoms with van der Waals surface area (Å²) in [4.78, 5) is 15.1. The fourth-order valence-electron chi connectivity index (χ4n) is 4.72. The molecule has 0 unspecified atom stereocenters. The van der Waals surface area contributed by atoms with Crippen LogP contribution in [0.5, 0.6) is 0 Å². The van der Waals surface area contributed by atoms with Crippen LogP contribution >= 0.6 is 15.9 Å². The van der Waals surface area contributed by atoms with E-state index < -0.39 is 0 Å². The minimum Gasteiger partial charge on any atom is -0.356 e. The number of piperidine rings is 2. The van der Waals surface area contributed by atoms with Crippen molar-refractivity contribution in [3.63, 3.8) is 0 Å². The third kappa shape index (κ3) is 3.99. The van der Waals surface area contributed by atoms with Gasteiger partial charge in [0.25, 0.3) is 0 Å². The molecule has 1 aromatic carbocycles. The van der Waals surface area contributed by atoms with E-state index in [-0.39, 0.29) is 5.91 Å². The SMILES string of the molecule is O=C(CCn1ccc2ccc(Br)cc21)NC[C@H]1CCCN2CCCC[C@@H]12. The molecule has 2 aromatic rings. The van der Waals surface area contributed by atoms with Gasteiger partial charge in [0.2, 0.25) is 5.91 Å². The van der Waals surface area contributed by atoms with Crippen LogP contribution in [0, 0.1) is 5.92 Å². The molecule has 2 aliphatic rings. The van der Waals surface area contributed by atoms with Crippen LogP contribution in [0.25, 0.3) is 10.9 Å². The number of nitrogens with zero attached hydrogens (tertiary/aromatic N) is 2. The van der Waals surface area contributed by atoms with Gasteiger partial charge in [-0.05, 0) is 68.3 Å². The molecular formula is C21H28BrN3O. The number of rotatable bonds is 5. The maximum absolute atomic E-state index is 12.4. The Balaban J connectivity index is 1.29. The first kappa shape index (κ1) is 18.1. The van der Waals surface area contributed by atoms with Crippen LogP contribution < -0.4 is 5.32 Å². The monoisotopic (exact) mass is 417 g/mol. The van der Waals surface area contributed by atoms with Gasteiger partial charge in [0.05, 0.1) is 0 Å². The maximum atomic E-state index is 12.4. The van der Waals surface area contributed by atoms with E-state index in [4.69, 9.17) is 0 Å². The van der Waals surface area contributed by atoms with Crippen molar-refractivity contribution in [2.45, 2.75) is 51.1 Å². The van der Waals surface area contributed by atoms with E-state index in [0.717, 1.165) is 17.6 Å². The van der Waals surface area contributed by atoms with E-state index in [0.29, 0.717) is 18.4 Å². The molecule has 4 nitrogen and oxygen atoms in total. The smallest absolute Gasteiger partial charge is 0.221 e. The quantitative estimate of drug-likeness (QED) is 0.791. The van der Waals surface area contributed by atoms with Gasteiger partial charge in [-0.25, -0.2) is 0 Å². The zero-order valence-electron chi connectivity index (χ0n) is 15.3. The van der Waals surface area contributed by atoms with Crippen molar-refractivity contribution in [2.75, 3.05) is 19.6 Å². The molecule has 5 heteroatoms. The Kier molecular flexibility index (Phi) is 5.65. The summed E-state index contributed by atoms with van der Waals surface area (Å²) in [6.45, 7) is 4.08. The van der Waals surface area contributed by atoms with Crippen LogP contribution in [-0.4, -0.2) is 41.1 Å². The largest absolute Gasteiger partial charge is 0.356 e. The predicted molar refractivity (Wildman–Crippen MR) is 109 cm³/mol. The highest BCUT2D eigenvalue weighted by Gasteiger charge is 2.32. The second-order valence-corrected chi connectivity index (χ2v) is 8.68. The van der Waals surface area contributed by atoms with Gasteiger partial charge >= 0.3 is 0 Å². The van der Waals surface area contributed by atoms with Crippen molar-refractivity contribution in [1.29, 1.82) is 0 Å². The highest BCUT2D eigenvalue weighted by molar-refractivity contribution is 9.10. The molecule has 2 atom stereocenters. The summed E-state index contributed by atoms with van der Waals surface area (Å²) in [5, 5.41) is 4.44. The van der Waals surface area contributed by atoms with Crippen LogP contribution in [0.4, 0.5) is 0 Å². The number of amides is 1. The fraction of sp³-hybridized carbons (Fsp3) is 0.571. The summed E-state index contributed by atoms with van der Waals surface area (Å²) in [5.74, 6) is 0.811. The molecule has 2 fully saturated rings. The average Bonchev–Trinajstić information content (AvgIpc) is 3.06. The standard InChI is InChI=1S/C21H28BrN3O/c22-18-7-6-16-8-12-25(20(16)14-18)13-9-21(26)23-15-17-4-3-11-24-10-2-1-5-19(17)24/h6-8,12,14,17,19H,1-5,9-11,13,15H2,(H,23,26)/t17-,19+/m1/s1. The van der Waals surface area contributed by atoms with Gasteiger partial charge in [-0.3, -0.25) is 4.79 Å². The number of hydrogen-bond acceptors (Lipinski definition) is 2. The van der Waals surface area contributed by atoms with Gasteiger partial charge in [-0.2, -0.15) is 0 Å². The number of carbonyl (C=O) groups excluding carboxylic acids is 1. The number of carbonyl (C=O) groups is 1. The first-order chi connectivity index (χ1) is 12.7. The number of nitrogens with one attached hydrogen (secondary N) is 1. The number of aryl methyl sites for hydroxylation is 1. The molecule has 0 radical (unpaired) electrons. The van der Waals surface area contributed by atoms with Crippen molar-refractivity contribution in [3.05, 3.63) is 34.9 Å². The normalized spacial score (nSPS) is 23.7. The molecule has 0 spiro atoms. The molecule has 0 saturated carbocycles. The lowest BCUT2D eigenvalue weighted by atomic mass is 9.83. The summed E-state index contributed by atoms with van der Waals surface area (Å²) in [6.07, 6.45) is 9.16. The fourth-order valence-corrected chi connectivity index (χ4v) is 5.07. The topological polar surface area (TPSA) is 37.3 Å². The highest BCUT2D eigenvalue weighted by Crippen LogP contribution is 2.30. The minimum atomic E-state index is 0.176. The Labute approximate surface area is 164 Å². The molecule has 0 aliphatic carbocycles. The molecule has 1 aromatic heterocycles. The van der Waals surface area contributed by atoms with Crippen molar-refractivity contribution in [2.24, 2.45) is 5.92 Å². The molecule has 1 N–H and O–H groups in total. The van der Waals surface area contributed by atoms with Gasteiger partial charge in [-0.15, -0.1) is 0 Å². The second kappa shape index (κ2) is 8.13. The van der Waals surface area contributed by atoms with Gasteiger partial charge in [-0.1, -0.05) is 28.4 Å². The molecule has 2 saturated heterocycles. The number of aromatic nitrogens is 1. The highest BCUT2D eigenvalue weighted by atomic mass is 79.9. The summed E-state index contributed by atoms with van der Waals surface area (Å²) in [7, 11) is 0. The Morgan fingerprint density at radius 3 is 2.96 bits per heavy atom. The Morgan fingerprint density at radius 2 is 2.04 bits per heavy atom. The van der Waals surface area contributed by atoms with Crippen molar-refractivity contribution >= 4 is 32.7 Å². The molecule has 1 amide bonds. The van der Waals surface area contributed by atoms with Crippen molar-refractivity contribution in [3.8, 4) is 0 Å². The van der Waals surface area contributed by atoms with Gasteiger partial charge in [0.15, 0.2) is 0 Å². The molecule has 140 valence electrons. The van der Waals surface area contributed by atoms with E-state index in [1.165, 1.54) is 56.1 Å². The van der Waals surface area contributed by atoms with E-state index >= 15 is 0 Å². The zero-order chi connectivity index (χ0) is 17.9. The Hall–Kier alpha value is -1.33. The lowest BCUT2D eigenvalue weighted by Gasteiger charge is -2.44. The number of hydrogen-bond donors (Lipinski definition) is 1. The number of fused-ring (bicyclic) bond motifs is 2. The van der Waals surface area contributed by atoms with Crippen LogP contribution in [0.3, 0.4) is 0 Å². The van der Waals surface area contributed by atoms with Gasteiger partial charge < -0.3 is 14.8 Å². The summed E-state index contributed by atoms with van der Waals surface area (Å²) >= 11 is 3.53. The van der Waals surface area contributed by atoms with Crippen LogP contribution in [0.15, 0.2) is 34.9 Å². The Morgan fingerprint density at radius 1 is 1.15 bits per heavy atom. The molecule has 0 bridgehead atoms. The van der Waals surface area contributed by atoms with Gasteiger partial charge in [0.1, 0.15) is 0 Å². The lowest BCUT2D eigenvalue weighted by Crippen LogP contribution is -2.51. The van der Waals surface area contributed by atoms with Crippen molar-refractivity contribution < 1.29 is 4.79 Å². The minimum absolute atomic E-state index is 0.176. The molecular weight excluding hydrogens is 390 g/mol. The van der Waals surface area contributed by atoms with Crippen LogP contribution in [-0.2, 0) is 11.3 Å². The Bertz CT molecular complexity index is 770. The van der Waals surface area contributed by atoms with E-state index in [2.05, 4.69) is 61.2 Å². The first-order valence-corrected chi connectivity index (χ1v) is 10.8. The maximum Gasteiger partial charge on any atom is 0.221 e. The lowest BCUT2D eigenvalue weighted by molar-refractivity contribution is -0.121. The van der Waals surface area contributed by atoms with Crippen LogP contribution in [0.2, 0.25) is 0 Å². The van der Waals surface area contributed by atoms with Crippen molar-refractivity contribution in [1.82, 2.24) is 14.8 Å². The number of benzene rings is 1. The van der Waals surface area contributed by atoms with Crippen LogP contribution in [0.1, 0.15) is 38.5 Å². The third-order valence-electron chi connectivity index (χ3n) is 6.11. The summed E-state index contributed by atoms with van der Waals surface area (Å²) in [6, 6.07) is 9.09. The second-order valence-electron chi connectivity index (χ2n) is 7.77. The zero-order valence-corrected chi connectivity index (χ0v) is 16.9. The molecule has 2 aliphatic heterocycles. The van der Waals surface area contributed by atoms with E-state index in [1.54, 1.807) is 0 Å². The summed E-state index contributed by atoms with van der Waals surface area (Å²) < 4.78 is 3.24. The summed E-state index contributed by atoms with van der Waals surface area (Å²) in [5.41, 5.74) is 1.18. The predicted octanol–water partition coefficient (Wildman–Crippen LogP) is 4.17.